The highest BCUT2D eigenvalue weighted by molar-refractivity contribution is 6.48. The molecule has 0 radical (unpaired) electrons. The van der Waals surface area contributed by atoms with Gasteiger partial charge in [0.2, 0.25) is 0 Å². The lowest BCUT2D eigenvalue weighted by Gasteiger charge is -2.19. The lowest BCUT2D eigenvalue weighted by Crippen LogP contribution is -2.25. The van der Waals surface area contributed by atoms with Crippen molar-refractivity contribution < 1.29 is 35.5 Å². The van der Waals surface area contributed by atoms with Crippen LogP contribution in [0.4, 0.5) is 30.7 Å². The minimum atomic E-state index is -5.14. The molecule has 3 rings (SSSR count). The first-order valence-corrected chi connectivity index (χ1v) is 10.3. The van der Waals surface area contributed by atoms with Gasteiger partial charge in [0.15, 0.2) is 0 Å². The number of hydrogen-bond acceptors (Lipinski definition) is 3. The highest BCUT2D eigenvalue weighted by atomic mass is 35.5. The largest absolute Gasteiger partial charge is 0.417 e. The van der Waals surface area contributed by atoms with Gasteiger partial charge in [0.05, 0.1) is 26.2 Å². The van der Waals surface area contributed by atoms with E-state index in [9.17, 15) is 35.5 Å². The molecule has 0 aliphatic heterocycles. The standard InChI is InChI=1S/C20H10Cl3F7N4O/c21-14-4-10(5-15(22)17(14)23)12(19(25,26)27)6-16(24)9-1-2-11(13(3-9)20(28,29)30)18(35)33-34-7-31-32-8-34/h1-8,12H,(H,33,35). The van der Waals surface area contributed by atoms with Crippen LogP contribution in [0.15, 0.2) is 49.1 Å². The Morgan fingerprint density at radius 1 is 0.971 bits per heavy atom. The summed E-state index contributed by atoms with van der Waals surface area (Å²) in [7, 11) is 0. The van der Waals surface area contributed by atoms with Crippen LogP contribution in [0.2, 0.25) is 15.1 Å². The molecule has 0 spiro atoms. The molecule has 1 N–H and O–H groups in total. The Balaban J connectivity index is 2.05. The number of alkyl halides is 6. The first kappa shape index (κ1) is 26.8. The fraction of sp³-hybridized carbons (Fsp3) is 0.150. The van der Waals surface area contributed by atoms with Crippen molar-refractivity contribution in [2.75, 3.05) is 5.43 Å². The van der Waals surface area contributed by atoms with Crippen LogP contribution in [0, 0.1) is 0 Å². The van der Waals surface area contributed by atoms with E-state index in [-0.39, 0.29) is 27.2 Å². The molecule has 15 heteroatoms. The van der Waals surface area contributed by atoms with Crippen molar-refractivity contribution >= 4 is 46.5 Å². The van der Waals surface area contributed by atoms with Gasteiger partial charge in [-0.05, 0) is 35.9 Å². The molecule has 1 unspecified atom stereocenters. The van der Waals surface area contributed by atoms with Gasteiger partial charge >= 0.3 is 12.4 Å². The van der Waals surface area contributed by atoms with Crippen LogP contribution in [-0.4, -0.2) is 27.0 Å². The molecule has 0 aliphatic carbocycles. The van der Waals surface area contributed by atoms with E-state index < -0.39 is 52.3 Å². The Kier molecular flexibility index (Phi) is 7.68. The summed E-state index contributed by atoms with van der Waals surface area (Å²) in [6, 6.07) is 3.22. The Bertz CT molecular complexity index is 1250. The van der Waals surface area contributed by atoms with Crippen molar-refractivity contribution in [1.29, 1.82) is 0 Å². The quantitative estimate of drug-likeness (QED) is 0.263. The number of amides is 1. The summed E-state index contributed by atoms with van der Waals surface area (Å²) in [4.78, 5) is 12.3. The first-order valence-electron chi connectivity index (χ1n) is 9.14. The van der Waals surface area contributed by atoms with Crippen molar-refractivity contribution in [3.63, 3.8) is 0 Å². The minimum Gasteiger partial charge on any atom is -0.267 e. The maximum Gasteiger partial charge on any atom is 0.417 e. The van der Waals surface area contributed by atoms with E-state index in [2.05, 4.69) is 10.2 Å². The molecular formula is C20H10Cl3F7N4O. The van der Waals surface area contributed by atoms with Gasteiger partial charge in [-0.25, -0.2) is 9.07 Å². The second kappa shape index (κ2) is 10.0. The minimum absolute atomic E-state index is 0.0717. The maximum absolute atomic E-state index is 14.9. The normalized spacial score (nSPS) is 13.6. The van der Waals surface area contributed by atoms with Gasteiger partial charge in [-0.15, -0.1) is 10.2 Å². The third-order valence-corrected chi connectivity index (χ3v) is 5.72. The molecule has 35 heavy (non-hydrogen) atoms. The van der Waals surface area contributed by atoms with Crippen molar-refractivity contribution in [2.45, 2.75) is 18.3 Å². The van der Waals surface area contributed by atoms with Crippen LogP contribution in [0.25, 0.3) is 5.83 Å². The maximum atomic E-state index is 14.9. The molecule has 0 saturated heterocycles. The van der Waals surface area contributed by atoms with E-state index in [4.69, 9.17) is 34.8 Å². The number of rotatable bonds is 5. The number of nitrogens with zero attached hydrogens (tertiary/aromatic N) is 3. The number of benzene rings is 2. The van der Waals surface area contributed by atoms with Crippen molar-refractivity contribution in [2.24, 2.45) is 0 Å². The van der Waals surface area contributed by atoms with Crippen LogP contribution < -0.4 is 5.43 Å². The summed E-state index contributed by atoms with van der Waals surface area (Å²) >= 11 is 17.3. The van der Waals surface area contributed by atoms with Crippen molar-refractivity contribution in [3.05, 3.63) is 86.4 Å². The average Bonchev–Trinajstić information content (AvgIpc) is 3.26. The van der Waals surface area contributed by atoms with Gasteiger partial charge in [-0.1, -0.05) is 40.9 Å². The number of allylic oxidation sites excluding steroid dienone is 1. The molecule has 0 aliphatic rings. The molecule has 1 heterocycles. The van der Waals surface area contributed by atoms with E-state index in [1.807, 2.05) is 5.43 Å². The highest BCUT2D eigenvalue weighted by Gasteiger charge is 2.41. The predicted octanol–water partition coefficient (Wildman–Crippen LogP) is 7.30. The Morgan fingerprint density at radius 3 is 2.06 bits per heavy atom. The smallest absolute Gasteiger partial charge is 0.267 e. The highest BCUT2D eigenvalue weighted by Crippen LogP contribution is 2.42. The predicted molar refractivity (Wildman–Crippen MR) is 115 cm³/mol. The van der Waals surface area contributed by atoms with Gasteiger partial charge in [-0.3, -0.25) is 10.2 Å². The molecule has 1 aromatic heterocycles. The van der Waals surface area contributed by atoms with Crippen LogP contribution in [0.1, 0.15) is 33.0 Å². The number of aromatic nitrogens is 3. The van der Waals surface area contributed by atoms with E-state index in [0.29, 0.717) is 6.07 Å². The van der Waals surface area contributed by atoms with Gasteiger partial charge in [0, 0.05) is 5.56 Å². The van der Waals surface area contributed by atoms with E-state index >= 15 is 0 Å². The summed E-state index contributed by atoms with van der Waals surface area (Å²) < 4.78 is 97.6. The zero-order valence-electron chi connectivity index (χ0n) is 16.7. The second-order valence-corrected chi connectivity index (χ2v) is 8.09. The Hall–Kier alpha value is -2.83. The zero-order chi connectivity index (χ0) is 26.1. The fourth-order valence-electron chi connectivity index (χ4n) is 2.94. The van der Waals surface area contributed by atoms with Gasteiger partial charge in [-0.2, -0.15) is 26.3 Å². The molecule has 3 aromatic rings. The van der Waals surface area contributed by atoms with Crippen molar-refractivity contribution in [1.82, 2.24) is 14.9 Å². The van der Waals surface area contributed by atoms with Gasteiger partial charge < -0.3 is 0 Å². The summed E-state index contributed by atoms with van der Waals surface area (Å²) in [6.07, 6.45) is -8.15. The van der Waals surface area contributed by atoms with E-state index in [1.165, 1.54) is 0 Å². The number of hydrogen-bond donors (Lipinski definition) is 1. The molecule has 0 bridgehead atoms. The van der Waals surface area contributed by atoms with Crippen LogP contribution in [-0.2, 0) is 6.18 Å². The molecule has 1 atom stereocenters. The molecule has 186 valence electrons. The van der Waals surface area contributed by atoms with Crippen LogP contribution in [0.5, 0.6) is 0 Å². The molecule has 0 fully saturated rings. The summed E-state index contributed by atoms with van der Waals surface area (Å²) in [5.74, 6) is -5.50. The first-order chi connectivity index (χ1) is 16.2. The second-order valence-electron chi connectivity index (χ2n) is 6.90. The number of nitrogens with one attached hydrogen (secondary N) is 1. The average molecular weight is 562 g/mol. The van der Waals surface area contributed by atoms with Crippen LogP contribution >= 0.6 is 34.8 Å². The molecule has 2 aromatic carbocycles. The van der Waals surface area contributed by atoms with E-state index in [0.717, 1.165) is 35.5 Å². The monoisotopic (exact) mass is 560 g/mol. The third kappa shape index (κ3) is 6.24. The number of halogens is 10. The number of carbonyl (C=O) groups excluding carboxylic acids is 1. The summed E-state index contributed by atoms with van der Waals surface area (Å²) in [5, 5.41) is 5.85. The van der Waals surface area contributed by atoms with Gasteiger partial charge in [0.1, 0.15) is 24.4 Å². The molecule has 5 nitrogen and oxygen atoms in total. The van der Waals surface area contributed by atoms with Crippen LogP contribution in [0.3, 0.4) is 0 Å². The summed E-state index contributed by atoms with van der Waals surface area (Å²) in [6.45, 7) is 0. The SMILES string of the molecule is O=C(Nn1cnnc1)c1ccc(C(F)=CC(c2cc(Cl)c(Cl)c(Cl)c2)C(F)(F)F)cc1C(F)(F)F. The topological polar surface area (TPSA) is 59.8 Å². The van der Waals surface area contributed by atoms with Gasteiger partial charge in [0.25, 0.3) is 5.91 Å². The molecule has 1 amide bonds. The van der Waals surface area contributed by atoms with E-state index in [1.54, 1.807) is 0 Å². The molecule has 0 saturated carbocycles. The van der Waals surface area contributed by atoms with Crippen molar-refractivity contribution in [3.8, 4) is 0 Å². The number of carbonyl (C=O) groups is 1. The molecular weight excluding hydrogens is 552 g/mol. The lowest BCUT2D eigenvalue weighted by atomic mass is 9.95. The zero-order valence-corrected chi connectivity index (χ0v) is 19.0. The Labute approximate surface area is 207 Å². The third-order valence-electron chi connectivity index (χ3n) is 4.53. The summed E-state index contributed by atoms with van der Waals surface area (Å²) in [5.41, 5.74) is -1.88. The lowest BCUT2D eigenvalue weighted by molar-refractivity contribution is -0.140. The fourth-order valence-corrected chi connectivity index (χ4v) is 3.55. The Morgan fingerprint density at radius 2 is 1.54 bits per heavy atom.